The number of anilines is 2. The van der Waals surface area contributed by atoms with Crippen LogP contribution in [0.3, 0.4) is 0 Å². The van der Waals surface area contributed by atoms with Gasteiger partial charge >= 0.3 is 11.9 Å². The summed E-state index contributed by atoms with van der Waals surface area (Å²) in [4.78, 5) is 68.8. The first-order valence-corrected chi connectivity index (χ1v) is 11.8. The molecule has 0 saturated carbocycles. The number of Topliss-reactive ketones (excluding diaryl/α,β-unsaturated/α-hetero) is 1. The quantitative estimate of drug-likeness (QED) is 0.0645. The van der Waals surface area contributed by atoms with Gasteiger partial charge in [0.1, 0.15) is 6.04 Å². The molecule has 15 heteroatoms. The number of aliphatic imine (C=N–C) groups is 1. The van der Waals surface area contributed by atoms with Gasteiger partial charge in [-0.25, -0.2) is 4.79 Å². The van der Waals surface area contributed by atoms with Gasteiger partial charge in [-0.3, -0.25) is 34.0 Å². The highest BCUT2D eigenvalue weighted by atomic mass is 32.1. The molecule has 14 nitrogen and oxygen atoms in total. The highest BCUT2D eigenvalue weighted by Crippen LogP contribution is 2.25. The zero-order valence-corrected chi connectivity index (χ0v) is 21.1. The van der Waals surface area contributed by atoms with Crippen molar-refractivity contribution in [2.45, 2.75) is 24.5 Å². The molecule has 2 aromatic carbocycles. The number of nitrogens with one attached hydrogen (secondary N) is 1. The van der Waals surface area contributed by atoms with E-state index in [1.807, 2.05) is 0 Å². The first-order chi connectivity index (χ1) is 18.4. The summed E-state index contributed by atoms with van der Waals surface area (Å²) in [5.41, 5.74) is 16.4. The Morgan fingerprint density at radius 3 is 2.33 bits per heavy atom. The van der Waals surface area contributed by atoms with E-state index in [2.05, 4.69) is 10.3 Å². The molecule has 0 aromatic heterocycles. The standard InChI is InChI=1S/C24H25N7O7S/c25-15(10-17(32)33)20(35)30(13-6-2-1-3-7-13)18(22(37)38)19(34)12-5-4-8-14(9-12)31-21(36)16(29-24(31)39)11-28-23(26)27/h1-9,15-16,18H,10-11,25H2,(H,29,39)(H,32,33)(H,37,38)(H4,26,27,28)/t15-,16?,18-/m0/s1. The van der Waals surface area contributed by atoms with Crippen LogP contribution in [-0.4, -0.2) is 75.5 Å². The molecule has 3 rings (SSSR count). The van der Waals surface area contributed by atoms with Crippen molar-refractivity contribution in [1.82, 2.24) is 5.32 Å². The van der Waals surface area contributed by atoms with Gasteiger partial charge in [0.15, 0.2) is 22.9 Å². The lowest BCUT2D eigenvalue weighted by Gasteiger charge is -2.30. The summed E-state index contributed by atoms with van der Waals surface area (Å²) in [6.45, 7) is -0.0950. The van der Waals surface area contributed by atoms with E-state index < -0.39 is 54.1 Å². The number of amides is 2. The molecule has 0 aliphatic carbocycles. The monoisotopic (exact) mass is 555 g/mol. The molecule has 0 radical (unpaired) electrons. The van der Waals surface area contributed by atoms with Crippen LogP contribution < -0.4 is 32.3 Å². The van der Waals surface area contributed by atoms with Gasteiger partial charge in [0.25, 0.3) is 5.91 Å². The summed E-state index contributed by atoms with van der Waals surface area (Å²) in [6, 6.07) is 8.22. The van der Waals surface area contributed by atoms with Gasteiger partial charge in [-0.1, -0.05) is 30.3 Å². The van der Waals surface area contributed by atoms with Gasteiger partial charge in [0, 0.05) is 11.3 Å². The van der Waals surface area contributed by atoms with Crippen molar-refractivity contribution in [1.29, 1.82) is 0 Å². The number of thiocarbonyl (C=S) groups is 1. The van der Waals surface area contributed by atoms with Crippen LogP contribution in [0.5, 0.6) is 0 Å². The Morgan fingerprint density at radius 1 is 1.08 bits per heavy atom. The summed E-state index contributed by atoms with van der Waals surface area (Å²) < 4.78 is 0. The van der Waals surface area contributed by atoms with Gasteiger partial charge in [-0.15, -0.1) is 0 Å². The molecule has 1 aliphatic rings. The van der Waals surface area contributed by atoms with Crippen molar-refractivity contribution in [2.24, 2.45) is 22.2 Å². The lowest BCUT2D eigenvalue weighted by Crippen LogP contribution is -2.55. The first-order valence-electron chi connectivity index (χ1n) is 11.3. The maximum Gasteiger partial charge on any atom is 0.335 e. The van der Waals surface area contributed by atoms with Crippen LogP contribution in [0.15, 0.2) is 59.6 Å². The number of hydrogen-bond donors (Lipinski definition) is 6. The number of carboxylic acids is 2. The Hall–Kier alpha value is -4.89. The molecule has 204 valence electrons. The number of carboxylic acid groups (broad SMARTS) is 2. The third-order valence-corrected chi connectivity index (χ3v) is 5.89. The van der Waals surface area contributed by atoms with E-state index in [0.29, 0.717) is 4.90 Å². The van der Waals surface area contributed by atoms with E-state index in [0.717, 1.165) is 4.90 Å². The number of para-hydroxylation sites is 1. The number of nitrogens with zero attached hydrogens (tertiary/aromatic N) is 3. The molecule has 1 fully saturated rings. The Kier molecular flexibility index (Phi) is 8.90. The second-order valence-electron chi connectivity index (χ2n) is 8.34. The van der Waals surface area contributed by atoms with Gasteiger partial charge in [0.2, 0.25) is 5.91 Å². The Bertz CT molecular complexity index is 1350. The van der Waals surface area contributed by atoms with Crippen LogP contribution in [0.25, 0.3) is 0 Å². The number of benzene rings is 2. The molecule has 1 saturated heterocycles. The number of nitrogens with two attached hydrogens (primary N) is 3. The lowest BCUT2D eigenvalue weighted by atomic mass is 10.00. The number of carbonyl (C=O) groups excluding carboxylic acids is 3. The highest BCUT2D eigenvalue weighted by molar-refractivity contribution is 7.80. The van der Waals surface area contributed by atoms with Gasteiger partial charge in [-0.2, -0.15) is 0 Å². The third-order valence-electron chi connectivity index (χ3n) is 5.59. The third kappa shape index (κ3) is 6.52. The molecule has 1 aliphatic heterocycles. The van der Waals surface area contributed by atoms with Crippen LogP contribution in [-0.2, 0) is 19.2 Å². The van der Waals surface area contributed by atoms with E-state index in [1.54, 1.807) is 6.07 Å². The molecular formula is C24H25N7O7S. The van der Waals surface area contributed by atoms with E-state index in [1.165, 1.54) is 48.5 Å². The number of hydrogen-bond acceptors (Lipinski definition) is 8. The largest absolute Gasteiger partial charge is 0.481 e. The Morgan fingerprint density at radius 2 is 1.74 bits per heavy atom. The summed E-state index contributed by atoms with van der Waals surface area (Å²) in [5.74, 6) is -5.90. The molecule has 9 N–H and O–H groups in total. The van der Waals surface area contributed by atoms with E-state index in [4.69, 9.17) is 34.5 Å². The lowest BCUT2D eigenvalue weighted by molar-refractivity contribution is -0.140. The van der Waals surface area contributed by atoms with Crippen molar-refractivity contribution in [3.63, 3.8) is 0 Å². The number of carbonyl (C=O) groups is 5. The molecule has 0 bridgehead atoms. The summed E-state index contributed by atoms with van der Waals surface area (Å²) >= 11 is 5.25. The Labute approximate surface area is 227 Å². The highest BCUT2D eigenvalue weighted by Gasteiger charge is 2.41. The second-order valence-corrected chi connectivity index (χ2v) is 8.73. The van der Waals surface area contributed by atoms with Crippen LogP contribution in [0.4, 0.5) is 11.4 Å². The average Bonchev–Trinajstić information content (AvgIpc) is 3.17. The van der Waals surface area contributed by atoms with Gasteiger partial charge < -0.3 is 32.7 Å². The van der Waals surface area contributed by atoms with Crippen molar-refractivity contribution in [2.75, 3.05) is 16.3 Å². The fourth-order valence-electron chi connectivity index (χ4n) is 3.84. The van der Waals surface area contributed by atoms with Gasteiger partial charge in [0.05, 0.1) is 24.7 Å². The SMILES string of the molecule is NC(N)=NCC1NC(=S)N(c2cccc(C(=O)[C@@H](C(=O)O)N(C(=O)[C@@H](N)CC(=O)O)c3ccccc3)c2)C1=O. The fourth-order valence-corrected chi connectivity index (χ4v) is 4.18. The average molecular weight is 556 g/mol. The smallest absolute Gasteiger partial charge is 0.335 e. The fraction of sp³-hybridized carbons (Fsp3) is 0.208. The number of guanidine groups is 1. The maximum absolute atomic E-state index is 13.6. The van der Waals surface area contributed by atoms with Crippen molar-refractivity contribution in [3.8, 4) is 0 Å². The van der Waals surface area contributed by atoms with Crippen LogP contribution in [0.2, 0.25) is 0 Å². The number of ketones is 1. The van der Waals surface area contributed by atoms with Crippen LogP contribution in [0, 0.1) is 0 Å². The molecule has 1 heterocycles. The topological polar surface area (TPSA) is 235 Å². The molecule has 2 aromatic rings. The predicted octanol–water partition coefficient (Wildman–Crippen LogP) is -0.979. The number of rotatable bonds is 11. The molecule has 3 atom stereocenters. The molecule has 39 heavy (non-hydrogen) atoms. The van der Waals surface area contributed by atoms with Gasteiger partial charge in [-0.05, 0) is 36.5 Å². The molecule has 2 amide bonds. The normalized spacial score (nSPS) is 16.1. The van der Waals surface area contributed by atoms with E-state index in [9.17, 15) is 29.1 Å². The number of aliphatic carboxylic acids is 2. The van der Waals surface area contributed by atoms with Crippen LogP contribution in [0.1, 0.15) is 16.8 Å². The maximum atomic E-state index is 13.6. The zero-order chi connectivity index (χ0) is 28.9. The first kappa shape index (κ1) is 28.7. The second kappa shape index (κ2) is 12.1. The van der Waals surface area contributed by atoms with Crippen LogP contribution >= 0.6 is 12.2 Å². The minimum atomic E-state index is -2.11. The van der Waals surface area contributed by atoms with E-state index >= 15 is 0 Å². The summed E-state index contributed by atoms with van der Waals surface area (Å²) in [6.07, 6.45) is -0.791. The summed E-state index contributed by atoms with van der Waals surface area (Å²) in [5, 5.41) is 21.9. The van der Waals surface area contributed by atoms with Crippen molar-refractivity contribution in [3.05, 3.63) is 60.2 Å². The molecule has 0 spiro atoms. The Balaban J connectivity index is 2.00. The van der Waals surface area contributed by atoms with Crippen molar-refractivity contribution < 1.29 is 34.2 Å². The van der Waals surface area contributed by atoms with Crippen molar-refractivity contribution >= 4 is 64.2 Å². The summed E-state index contributed by atoms with van der Waals surface area (Å²) in [7, 11) is 0. The molecule has 1 unspecified atom stereocenters. The minimum Gasteiger partial charge on any atom is -0.481 e. The molecular weight excluding hydrogens is 530 g/mol. The van der Waals surface area contributed by atoms with E-state index in [-0.39, 0.29) is 34.6 Å². The zero-order valence-electron chi connectivity index (χ0n) is 20.3. The minimum absolute atomic E-state index is 0.0101. The predicted molar refractivity (Wildman–Crippen MR) is 144 cm³/mol.